The fourth-order valence-corrected chi connectivity index (χ4v) is 3.16. The lowest BCUT2D eigenvalue weighted by atomic mass is 9.64. The van der Waals surface area contributed by atoms with Crippen molar-refractivity contribution < 1.29 is 0 Å². The third-order valence-electron chi connectivity index (χ3n) is 4.72. The summed E-state index contributed by atoms with van der Waals surface area (Å²) in [5, 5.41) is 9.40. The zero-order valence-electron chi connectivity index (χ0n) is 13.0. The van der Waals surface area contributed by atoms with E-state index in [0.29, 0.717) is 0 Å². The van der Waals surface area contributed by atoms with Crippen LogP contribution in [0.5, 0.6) is 0 Å². The van der Waals surface area contributed by atoms with Gasteiger partial charge in [-0.1, -0.05) is 76.4 Å². The van der Waals surface area contributed by atoms with Gasteiger partial charge in [-0.2, -0.15) is 5.26 Å². The standard InChI is InChI=1S/C17H30BN/c1-16(15-19)11-7-4-3-5-9-13-17(2,18)14-10-6-8-12-16/h3-14H2,1-2H3. The van der Waals surface area contributed by atoms with Gasteiger partial charge in [0.15, 0.2) is 0 Å². The molecular weight excluding hydrogens is 229 g/mol. The van der Waals surface area contributed by atoms with Gasteiger partial charge < -0.3 is 0 Å². The van der Waals surface area contributed by atoms with Crippen molar-refractivity contribution in [1.29, 1.82) is 5.26 Å². The third kappa shape index (κ3) is 7.04. The van der Waals surface area contributed by atoms with Gasteiger partial charge in [0.1, 0.15) is 0 Å². The van der Waals surface area contributed by atoms with Crippen LogP contribution in [0.2, 0.25) is 5.31 Å². The summed E-state index contributed by atoms with van der Waals surface area (Å²) in [6.07, 6.45) is 14.4. The lowest BCUT2D eigenvalue weighted by Gasteiger charge is -2.26. The fourth-order valence-electron chi connectivity index (χ4n) is 3.16. The molecule has 1 aliphatic rings. The van der Waals surface area contributed by atoms with E-state index < -0.39 is 0 Å². The van der Waals surface area contributed by atoms with Crippen molar-refractivity contribution in [2.75, 3.05) is 0 Å². The Balaban J connectivity index is 2.46. The van der Waals surface area contributed by atoms with E-state index in [-0.39, 0.29) is 10.7 Å². The lowest BCUT2D eigenvalue weighted by Crippen LogP contribution is -2.14. The molecule has 1 fully saturated rings. The first-order valence-corrected chi connectivity index (χ1v) is 8.18. The Hall–Kier alpha value is -0.445. The summed E-state index contributed by atoms with van der Waals surface area (Å²) < 4.78 is 0. The van der Waals surface area contributed by atoms with E-state index in [9.17, 15) is 5.26 Å². The van der Waals surface area contributed by atoms with E-state index in [2.05, 4.69) is 19.9 Å². The van der Waals surface area contributed by atoms with E-state index in [4.69, 9.17) is 7.85 Å². The SMILES string of the molecule is [B]C1(C)CCCCCCCC(C)(C#N)CCCCC1. The summed E-state index contributed by atoms with van der Waals surface area (Å²) in [5.74, 6) is 0. The molecule has 1 rings (SSSR count). The van der Waals surface area contributed by atoms with Gasteiger partial charge in [0.25, 0.3) is 0 Å². The molecular formula is C17H30BN. The van der Waals surface area contributed by atoms with Crippen LogP contribution in [-0.2, 0) is 0 Å². The zero-order valence-corrected chi connectivity index (χ0v) is 13.0. The predicted octanol–water partition coefficient (Wildman–Crippen LogP) is 5.56. The predicted molar refractivity (Wildman–Crippen MR) is 83.2 cm³/mol. The van der Waals surface area contributed by atoms with Crippen molar-refractivity contribution in [3.63, 3.8) is 0 Å². The molecule has 19 heavy (non-hydrogen) atoms. The molecule has 106 valence electrons. The van der Waals surface area contributed by atoms with Crippen molar-refractivity contribution >= 4 is 7.85 Å². The number of hydrogen-bond donors (Lipinski definition) is 0. The van der Waals surface area contributed by atoms with Crippen LogP contribution < -0.4 is 0 Å². The van der Waals surface area contributed by atoms with Crippen LogP contribution in [0, 0.1) is 16.7 Å². The maximum Gasteiger partial charge on any atom is 0.0742 e. The molecule has 0 bridgehead atoms. The molecule has 0 aromatic heterocycles. The highest BCUT2D eigenvalue weighted by atomic mass is 14.3. The Bertz CT molecular complexity index is 292. The molecule has 0 spiro atoms. The Kier molecular flexibility index (Phi) is 6.98. The highest BCUT2D eigenvalue weighted by Crippen LogP contribution is 2.36. The average molecular weight is 259 g/mol. The van der Waals surface area contributed by atoms with E-state index in [1.807, 2.05) is 0 Å². The normalized spacial score (nSPS) is 36.1. The smallest absolute Gasteiger partial charge is 0.0742 e. The molecule has 1 aliphatic carbocycles. The van der Waals surface area contributed by atoms with Crippen molar-refractivity contribution in [3.05, 3.63) is 0 Å². The quantitative estimate of drug-likeness (QED) is 0.522. The van der Waals surface area contributed by atoms with Gasteiger partial charge in [-0.3, -0.25) is 0 Å². The third-order valence-corrected chi connectivity index (χ3v) is 4.72. The van der Waals surface area contributed by atoms with Gasteiger partial charge >= 0.3 is 0 Å². The first-order valence-electron chi connectivity index (χ1n) is 8.18. The molecule has 2 atom stereocenters. The summed E-state index contributed by atoms with van der Waals surface area (Å²) in [6, 6.07) is 2.55. The number of nitriles is 1. The minimum atomic E-state index is -0.0872. The van der Waals surface area contributed by atoms with E-state index in [1.165, 1.54) is 57.8 Å². The minimum Gasteiger partial charge on any atom is -0.198 e. The van der Waals surface area contributed by atoms with E-state index in [0.717, 1.165) is 19.3 Å². The molecule has 0 aromatic rings. The average Bonchev–Trinajstić information content (AvgIpc) is 2.36. The summed E-state index contributed by atoms with van der Waals surface area (Å²) in [6.45, 7) is 4.35. The second-order valence-corrected chi connectivity index (χ2v) is 7.15. The molecule has 0 N–H and O–H groups in total. The summed E-state index contributed by atoms with van der Waals surface area (Å²) >= 11 is 0. The Morgan fingerprint density at radius 1 is 0.737 bits per heavy atom. The summed E-state index contributed by atoms with van der Waals surface area (Å²) in [4.78, 5) is 0. The fraction of sp³-hybridized carbons (Fsp3) is 0.941. The van der Waals surface area contributed by atoms with Gasteiger partial charge in [0, 0.05) is 0 Å². The van der Waals surface area contributed by atoms with Crippen molar-refractivity contribution in [3.8, 4) is 6.07 Å². The molecule has 1 nitrogen and oxygen atoms in total. The molecule has 0 aromatic carbocycles. The summed E-state index contributed by atoms with van der Waals surface area (Å²) in [7, 11) is 6.35. The number of hydrogen-bond acceptors (Lipinski definition) is 1. The molecule has 0 amide bonds. The second kappa shape index (κ2) is 7.98. The highest BCUT2D eigenvalue weighted by molar-refractivity contribution is 6.14. The maximum atomic E-state index is 9.37. The molecule has 0 aliphatic heterocycles. The van der Waals surface area contributed by atoms with Crippen LogP contribution >= 0.6 is 0 Å². The van der Waals surface area contributed by atoms with Gasteiger partial charge in [0.05, 0.1) is 19.3 Å². The van der Waals surface area contributed by atoms with Crippen molar-refractivity contribution in [2.24, 2.45) is 5.41 Å². The maximum absolute atomic E-state index is 9.37. The Labute approximate surface area is 121 Å². The first kappa shape index (κ1) is 16.6. The van der Waals surface area contributed by atoms with Gasteiger partial charge in [0.2, 0.25) is 0 Å². The topological polar surface area (TPSA) is 23.8 Å². The molecule has 2 radical (unpaired) electrons. The minimum absolute atomic E-state index is 0.0304. The lowest BCUT2D eigenvalue weighted by molar-refractivity contribution is 0.331. The Morgan fingerprint density at radius 2 is 1.11 bits per heavy atom. The first-order chi connectivity index (χ1) is 8.97. The monoisotopic (exact) mass is 259 g/mol. The zero-order chi connectivity index (χ0) is 14.2. The van der Waals surface area contributed by atoms with Crippen LogP contribution in [0.15, 0.2) is 0 Å². The molecule has 1 saturated carbocycles. The molecule has 2 heteroatoms. The molecule has 0 saturated heterocycles. The molecule has 2 unspecified atom stereocenters. The largest absolute Gasteiger partial charge is 0.198 e. The van der Waals surface area contributed by atoms with Crippen LogP contribution in [-0.4, -0.2) is 7.85 Å². The van der Waals surface area contributed by atoms with Crippen molar-refractivity contribution in [1.82, 2.24) is 0 Å². The van der Waals surface area contributed by atoms with Crippen LogP contribution in [0.3, 0.4) is 0 Å². The summed E-state index contributed by atoms with van der Waals surface area (Å²) in [5.41, 5.74) is -0.0872. The number of rotatable bonds is 0. The van der Waals surface area contributed by atoms with Gasteiger partial charge in [-0.15, -0.1) is 0 Å². The van der Waals surface area contributed by atoms with Crippen molar-refractivity contribution in [2.45, 2.75) is 96.2 Å². The Morgan fingerprint density at radius 3 is 1.58 bits per heavy atom. The molecule has 0 heterocycles. The van der Waals surface area contributed by atoms with Crippen LogP contribution in [0.25, 0.3) is 0 Å². The van der Waals surface area contributed by atoms with Gasteiger partial charge in [-0.05, 0) is 19.8 Å². The second-order valence-electron chi connectivity index (χ2n) is 7.15. The van der Waals surface area contributed by atoms with E-state index >= 15 is 0 Å². The van der Waals surface area contributed by atoms with Crippen LogP contribution in [0.1, 0.15) is 90.9 Å². The highest BCUT2D eigenvalue weighted by Gasteiger charge is 2.23. The van der Waals surface area contributed by atoms with E-state index in [1.54, 1.807) is 0 Å². The van der Waals surface area contributed by atoms with Gasteiger partial charge in [-0.25, -0.2) is 0 Å². The number of nitrogens with zero attached hydrogens (tertiary/aromatic N) is 1. The van der Waals surface area contributed by atoms with Crippen LogP contribution in [0.4, 0.5) is 0 Å².